The number of benzene rings is 1. The molecule has 2 amide bonds. The maximum absolute atomic E-state index is 12.6. The van der Waals surface area contributed by atoms with Crippen LogP contribution < -0.4 is 9.47 Å². The molecule has 0 saturated carbocycles. The smallest absolute Gasteiger partial charge is 0.326 e. The second-order valence-electron chi connectivity index (χ2n) is 6.78. The molecule has 29 heavy (non-hydrogen) atoms. The van der Waals surface area contributed by atoms with E-state index in [2.05, 4.69) is 0 Å². The van der Waals surface area contributed by atoms with Crippen LogP contribution in [-0.2, 0) is 14.3 Å². The van der Waals surface area contributed by atoms with Crippen molar-refractivity contribution in [1.82, 2.24) is 4.90 Å². The highest BCUT2D eigenvalue weighted by molar-refractivity contribution is 8.18. The molecule has 0 radical (unpaired) electrons. The van der Waals surface area contributed by atoms with Gasteiger partial charge in [-0.05, 0) is 69.6 Å². The van der Waals surface area contributed by atoms with Crippen LogP contribution >= 0.6 is 11.8 Å². The van der Waals surface area contributed by atoms with Gasteiger partial charge in [-0.25, -0.2) is 0 Å². The summed E-state index contributed by atoms with van der Waals surface area (Å²) in [5.41, 5.74) is 0.695. The van der Waals surface area contributed by atoms with Crippen LogP contribution in [0.2, 0.25) is 0 Å². The van der Waals surface area contributed by atoms with Gasteiger partial charge in [-0.2, -0.15) is 0 Å². The summed E-state index contributed by atoms with van der Waals surface area (Å²) in [6.45, 7) is 9.37. The van der Waals surface area contributed by atoms with Crippen LogP contribution in [0.3, 0.4) is 0 Å². The van der Waals surface area contributed by atoms with Crippen molar-refractivity contribution in [3.05, 3.63) is 28.7 Å². The lowest BCUT2D eigenvalue weighted by Crippen LogP contribution is -2.35. The van der Waals surface area contributed by atoms with Gasteiger partial charge in [0.1, 0.15) is 6.54 Å². The van der Waals surface area contributed by atoms with Gasteiger partial charge in [0, 0.05) is 0 Å². The fourth-order valence-corrected chi connectivity index (χ4v) is 3.34. The standard InChI is InChI=1S/C21H27NO6S/c1-6-14(5)28-16-9-8-15(10-17(16)26-7-2)11-18-20(24)22(21(25)29-18)12-19(23)27-13(3)4/h8-11,13-14H,6-7,12H2,1-5H3/b18-11+/t14-/m1/s1. The third kappa shape index (κ3) is 6.25. The Kier molecular flexibility index (Phi) is 8.13. The number of esters is 1. The molecular weight excluding hydrogens is 394 g/mol. The summed E-state index contributed by atoms with van der Waals surface area (Å²) >= 11 is 0.794. The molecule has 1 saturated heterocycles. The monoisotopic (exact) mass is 421 g/mol. The lowest BCUT2D eigenvalue weighted by molar-refractivity contribution is -0.149. The van der Waals surface area contributed by atoms with Crippen LogP contribution in [0.1, 0.15) is 46.6 Å². The number of hydrogen-bond donors (Lipinski definition) is 0. The number of carbonyl (C=O) groups excluding carboxylic acids is 3. The zero-order chi connectivity index (χ0) is 21.6. The molecular formula is C21H27NO6S. The van der Waals surface area contributed by atoms with Gasteiger partial charge in [0.05, 0.1) is 23.7 Å². The molecule has 1 aliphatic heterocycles. The number of carbonyl (C=O) groups is 3. The Labute approximate surface area is 175 Å². The first-order valence-corrected chi connectivity index (χ1v) is 10.4. The van der Waals surface area contributed by atoms with E-state index in [0.717, 1.165) is 23.1 Å². The van der Waals surface area contributed by atoms with Crippen molar-refractivity contribution in [3.8, 4) is 11.5 Å². The van der Waals surface area contributed by atoms with E-state index in [1.807, 2.05) is 20.8 Å². The summed E-state index contributed by atoms with van der Waals surface area (Å²) in [7, 11) is 0. The predicted octanol–water partition coefficient (Wildman–Crippen LogP) is 4.25. The fourth-order valence-electron chi connectivity index (χ4n) is 2.50. The Balaban J connectivity index is 2.20. The topological polar surface area (TPSA) is 82.1 Å². The van der Waals surface area contributed by atoms with E-state index in [1.165, 1.54) is 0 Å². The summed E-state index contributed by atoms with van der Waals surface area (Å²) in [6, 6.07) is 5.34. The Hall–Kier alpha value is -2.48. The molecule has 7 nitrogen and oxygen atoms in total. The molecule has 0 aliphatic carbocycles. The summed E-state index contributed by atoms with van der Waals surface area (Å²) in [5, 5.41) is -0.497. The van der Waals surface area contributed by atoms with Crippen molar-refractivity contribution in [2.24, 2.45) is 0 Å². The van der Waals surface area contributed by atoms with Crippen molar-refractivity contribution in [2.45, 2.75) is 53.2 Å². The van der Waals surface area contributed by atoms with Gasteiger partial charge >= 0.3 is 5.97 Å². The normalized spacial score (nSPS) is 16.5. The van der Waals surface area contributed by atoms with Gasteiger partial charge in [0.15, 0.2) is 11.5 Å². The van der Waals surface area contributed by atoms with Gasteiger partial charge in [0.2, 0.25) is 0 Å². The quantitative estimate of drug-likeness (QED) is 0.435. The molecule has 0 spiro atoms. The molecule has 8 heteroatoms. The maximum atomic E-state index is 12.6. The zero-order valence-electron chi connectivity index (χ0n) is 17.4. The number of hydrogen-bond acceptors (Lipinski definition) is 7. The van der Waals surface area contributed by atoms with E-state index in [-0.39, 0.29) is 17.1 Å². The van der Waals surface area contributed by atoms with Crippen LogP contribution in [0.25, 0.3) is 6.08 Å². The maximum Gasteiger partial charge on any atom is 0.326 e. The van der Waals surface area contributed by atoms with Crippen LogP contribution in [0, 0.1) is 0 Å². The molecule has 0 unspecified atom stereocenters. The molecule has 0 N–H and O–H groups in total. The summed E-state index contributed by atoms with van der Waals surface area (Å²) in [6.07, 6.45) is 2.20. The van der Waals surface area contributed by atoms with Crippen molar-refractivity contribution in [3.63, 3.8) is 0 Å². The third-order valence-corrected chi connectivity index (χ3v) is 4.90. The van der Waals surface area contributed by atoms with Crippen LogP contribution in [0.15, 0.2) is 23.1 Å². The number of amides is 2. The third-order valence-electron chi connectivity index (χ3n) is 4.00. The molecule has 1 aromatic rings. The highest BCUT2D eigenvalue weighted by Crippen LogP contribution is 2.35. The number of ether oxygens (including phenoxy) is 3. The first-order valence-electron chi connectivity index (χ1n) is 9.63. The number of imide groups is 1. The van der Waals surface area contributed by atoms with E-state index in [4.69, 9.17) is 14.2 Å². The molecule has 0 bridgehead atoms. The highest BCUT2D eigenvalue weighted by atomic mass is 32.2. The number of rotatable bonds is 9. The molecule has 158 valence electrons. The summed E-state index contributed by atoms with van der Waals surface area (Å²) < 4.78 is 16.5. The lowest BCUT2D eigenvalue weighted by atomic mass is 10.1. The lowest BCUT2D eigenvalue weighted by Gasteiger charge is -2.16. The van der Waals surface area contributed by atoms with Gasteiger partial charge in [-0.1, -0.05) is 13.0 Å². The summed E-state index contributed by atoms with van der Waals surface area (Å²) in [4.78, 5) is 37.7. The van der Waals surface area contributed by atoms with E-state index in [0.29, 0.717) is 23.7 Å². The number of thioether (sulfide) groups is 1. The average Bonchev–Trinajstić information content (AvgIpc) is 2.90. The second-order valence-corrected chi connectivity index (χ2v) is 7.78. The van der Waals surface area contributed by atoms with Crippen LogP contribution in [0.5, 0.6) is 11.5 Å². The van der Waals surface area contributed by atoms with E-state index < -0.39 is 23.7 Å². The molecule has 2 rings (SSSR count). The second kappa shape index (κ2) is 10.3. The minimum atomic E-state index is -0.617. The van der Waals surface area contributed by atoms with E-state index in [1.54, 1.807) is 38.1 Å². The van der Waals surface area contributed by atoms with Gasteiger partial charge in [-0.15, -0.1) is 0 Å². The first-order chi connectivity index (χ1) is 13.7. The van der Waals surface area contributed by atoms with Crippen LogP contribution in [0.4, 0.5) is 4.79 Å². The Bertz CT molecular complexity index is 804. The molecule has 1 aromatic carbocycles. The molecule has 1 aliphatic rings. The molecule has 1 heterocycles. The molecule has 1 atom stereocenters. The highest BCUT2D eigenvalue weighted by Gasteiger charge is 2.36. The minimum Gasteiger partial charge on any atom is -0.490 e. The SMILES string of the molecule is CCOc1cc(/C=C2/SC(=O)N(CC(=O)OC(C)C)C2=O)ccc1O[C@H](C)CC. The Morgan fingerprint density at radius 3 is 2.52 bits per heavy atom. The van der Waals surface area contributed by atoms with Gasteiger partial charge in [0.25, 0.3) is 11.1 Å². The Morgan fingerprint density at radius 2 is 1.90 bits per heavy atom. The van der Waals surface area contributed by atoms with Crippen LogP contribution in [-0.4, -0.2) is 47.4 Å². The minimum absolute atomic E-state index is 0.0437. The van der Waals surface area contributed by atoms with Crippen molar-refractivity contribution >= 4 is 35.0 Å². The molecule has 0 aromatic heterocycles. The summed E-state index contributed by atoms with van der Waals surface area (Å²) in [5.74, 6) is 0.0662. The molecule has 1 fully saturated rings. The average molecular weight is 422 g/mol. The number of nitrogens with zero attached hydrogens (tertiary/aromatic N) is 1. The van der Waals surface area contributed by atoms with Crippen molar-refractivity contribution in [2.75, 3.05) is 13.2 Å². The Morgan fingerprint density at radius 1 is 1.17 bits per heavy atom. The van der Waals surface area contributed by atoms with Gasteiger partial charge < -0.3 is 14.2 Å². The zero-order valence-corrected chi connectivity index (χ0v) is 18.2. The van der Waals surface area contributed by atoms with Crippen molar-refractivity contribution in [1.29, 1.82) is 0 Å². The van der Waals surface area contributed by atoms with Gasteiger partial charge in [-0.3, -0.25) is 19.3 Å². The van der Waals surface area contributed by atoms with E-state index in [9.17, 15) is 14.4 Å². The fraction of sp³-hybridized carbons (Fsp3) is 0.476. The van der Waals surface area contributed by atoms with Crippen molar-refractivity contribution < 1.29 is 28.6 Å². The predicted molar refractivity (Wildman–Crippen MR) is 112 cm³/mol. The van der Waals surface area contributed by atoms with E-state index >= 15 is 0 Å². The largest absolute Gasteiger partial charge is 0.490 e. The first kappa shape index (κ1) is 22.8.